The summed E-state index contributed by atoms with van der Waals surface area (Å²) in [7, 11) is -3.59. The second kappa shape index (κ2) is 8.70. The highest BCUT2D eigenvalue weighted by Gasteiger charge is 2.31. The quantitative estimate of drug-likeness (QED) is 0.566. The predicted molar refractivity (Wildman–Crippen MR) is 123 cm³/mol. The van der Waals surface area contributed by atoms with Gasteiger partial charge in [-0.2, -0.15) is 4.31 Å². The van der Waals surface area contributed by atoms with Gasteiger partial charge in [0, 0.05) is 42.1 Å². The van der Waals surface area contributed by atoms with Crippen LogP contribution >= 0.6 is 22.9 Å². The molecule has 2 heterocycles. The normalized spacial score (nSPS) is 15.3. The topological polar surface area (TPSA) is 70.6 Å². The lowest BCUT2D eigenvalue weighted by Gasteiger charge is -2.34. The standard InChI is InChI=1S/C22H22ClN3O3S2/c1-15-3-8-20(16(2)13-15)31(28,29)26-11-9-25(10-12-26)22(27)19-14-30-21(24-19)17-4-6-18(23)7-5-17/h3-8,13-14H,9-12H2,1-2H3. The summed E-state index contributed by atoms with van der Waals surface area (Å²) in [5, 5.41) is 3.13. The monoisotopic (exact) mass is 475 g/mol. The van der Waals surface area contributed by atoms with Gasteiger partial charge in [0.15, 0.2) is 0 Å². The zero-order valence-electron chi connectivity index (χ0n) is 17.2. The van der Waals surface area contributed by atoms with Gasteiger partial charge in [-0.3, -0.25) is 4.79 Å². The van der Waals surface area contributed by atoms with Crippen molar-refractivity contribution in [1.29, 1.82) is 0 Å². The number of aromatic nitrogens is 1. The second-order valence-corrected chi connectivity index (χ2v) is 10.7. The van der Waals surface area contributed by atoms with Crippen LogP contribution in [0.2, 0.25) is 5.02 Å². The van der Waals surface area contributed by atoms with E-state index in [-0.39, 0.29) is 19.0 Å². The minimum Gasteiger partial charge on any atom is -0.335 e. The first kappa shape index (κ1) is 22.0. The molecule has 1 fully saturated rings. The number of amides is 1. The van der Waals surface area contributed by atoms with Crippen molar-refractivity contribution in [3.63, 3.8) is 0 Å². The van der Waals surface area contributed by atoms with Crippen LogP contribution in [0.1, 0.15) is 21.6 Å². The lowest BCUT2D eigenvalue weighted by Crippen LogP contribution is -2.50. The Hall–Kier alpha value is -2.26. The molecule has 0 spiro atoms. The fourth-order valence-electron chi connectivity index (χ4n) is 3.62. The molecule has 3 aromatic rings. The first-order valence-corrected chi connectivity index (χ1v) is 12.5. The van der Waals surface area contributed by atoms with Gasteiger partial charge in [0.05, 0.1) is 4.90 Å². The first-order chi connectivity index (χ1) is 14.8. The van der Waals surface area contributed by atoms with Crippen molar-refractivity contribution >= 4 is 38.9 Å². The van der Waals surface area contributed by atoms with Crippen LogP contribution in [0.4, 0.5) is 0 Å². The molecule has 2 aromatic carbocycles. The Bertz CT molecular complexity index is 1220. The van der Waals surface area contributed by atoms with E-state index in [1.807, 2.05) is 25.1 Å². The van der Waals surface area contributed by atoms with Gasteiger partial charge < -0.3 is 4.90 Å². The van der Waals surface area contributed by atoms with Crippen molar-refractivity contribution in [3.8, 4) is 10.6 Å². The third-order valence-corrected chi connectivity index (χ3v) is 8.49. The maximum absolute atomic E-state index is 13.1. The molecule has 4 rings (SSSR count). The molecule has 1 aromatic heterocycles. The van der Waals surface area contributed by atoms with Gasteiger partial charge in [-0.1, -0.05) is 41.4 Å². The molecule has 0 saturated carbocycles. The van der Waals surface area contributed by atoms with E-state index in [2.05, 4.69) is 4.98 Å². The Morgan fingerprint density at radius 1 is 1.03 bits per heavy atom. The number of rotatable bonds is 4. The minimum absolute atomic E-state index is 0.181. The SMILES string of the molecule is Cc1ccc(S(=O)(=O)N2CCN(C(=O)c3csc(-c4ccc(Cl)cc4)n3)CC2)c(C)c1. The van der Waals surface area contributed by atoms with Gasteiger partial charge in [-0.15, -0.1) is 11.3 Å². The summed E-state index contributed by atoms with van der Waals surface area (Å²) < 4.78 is 27.6. The van der Waals surface area contributed by atoms with Gasteiger partial charge in [-0.05, 0) is 37.6 Å². The lowest BCUT2D eigenvalue weighted by molar-refractivity contribution is 0.0693. The van der Waals surface area contributed by atoms with Gasteiger partial charge in [0.1, 0.15) is 10.7 Å². The molecule has 162 valence electrons. The number of nitrogens with zero attached hydrogens (tertiary/aromatic N) is 3. The third kappa shape index (κ3) is 4.52. The summed E-state index contributed by atoms with van der Waals surface area (Å²) in [5.74, 6) is -0.181. The van der Waals surface area contributed by atoms with Crippen LogP contribution in [0.3, 0.4) is 0 Å². The molecule has 0 N–H and O–H groups in total. The molecule has 0 unspecified atom stereocenters. The summed E-state index contributed by atoms with van der Waals surface area (Å²) in [4.78, 5) is 19.4. The first-order valence-electron chi connectivity index (χ1n) is 9.84. The van der Waals surface area contributed by atoms with Crippen molar-refractivity contribution in [2.45, 2.75) is 18.7 Å². The number of piperazine rings is 1. The van der Waals surface area contributed by atoms with Crippen molar-refractivity contribution in [2.75, 3.05) is 26.2 Å². The van der Waals surface area contributed by atoms with Gasteiger partial charge >= 0.3 is 0 Å². The van der Waals surface area contributed by atoms with Crippen molar-refractivity contribution in [3.05, 3.63) is 69.7 Å². The molecule has 0 bridgehead atoms. The highest BCUT2D eigenvalue weighted by atomic mass is 35.5. The van der Waals surface area contributed by atoms with Crippen molar-refractivity contribution < 1.29 is 13.2 Å². The molecule has 31 heavy (non-hydrogen) atoms. The zero-order chi connectivity index (χ0) is 22.2. The number of hydrogen-bond donors (Lipinski definition) is 0. The Kier molecular flexibility index (Phi) is 6.16. The highest BCUT2D eigenvalue weighted by molar-refractivity contribution is 7.89. The number of halogens is 1. The largest absolute Gasteiger partial charge is 0.335 e. The number of thiazole rings is 1. The summed E-state index contributed by atoms with van der Waals surface area (Å²) in [5.41, 5.74) is 3.03. The van der Waals surface area contributed by atoms with Crippen molar-refractivity contribution in [2.24, 2.45) is 0 Å². The van der Waals surface area contributed by atoms with Crippen LogP contribution in [0, 0.1) is 13.8 Å². The van der Waals surface area contributed by atoms with Crippen LogP contribution in [-0.2, 0) is 10.0 Å². The number of benzene rings is 2. The molecule has 0 radical (unpaired) electrons. The zero-order valence-corrected chi connectivity index (χ0v) is 19.6. The fraction of sp³-hybridized carbons (Fsp3) is 0.273. The summed E-state index contributed by atoms with van der Waals surface area (Å²) in [6, 6.07) is 12.6. The molecule has 0 aliphatic carbocycles. The highest BCUT2D eigenvalue weighted by Crippen LogP contribution is 2.26. The second-order valence-electron chi connectivity index (χ2n) is 7.51. The number of carbonyl (C=O) groups excluding carboxylic acids is 1. The summed E-state index contributed by atoms with van der Waals surface area (Å²) in [6.07, 6.45) is 0. The average molecular weight is 476 g/mol. The Balaban J connectivity index is 1.44. The van der Waals surface area contributed by atoms with E-state index in [9.17, 15) is 13.2 Å². The van der Waals surface area contributed by atoms with Crippen LogP contribution in [-0.4, -0.2) is 54.7 Å². The Morgan fingerprint density at radius 2 is 1.71 bits per heavy atom. The van der Waals surface area contributed by atoms with Crippen LogP contribution < -0.4 is 0 Å². The van der Waals surface area contributed by atoms with E-state index >= 15 is 0 Å². The number of aryl methyl sites for hydroxylation is 2. The van der Waals surface area contributed by atoms with E-state index < -0.39 is 10.0 Å². The van der Waals surface area contributed by atoms with Gasteiger partial charge in [0.2, 0.25) is 10.0 Å². The maximum Gasteiger partial charge on any atom is 0.273 e. The van der Waals surface area contributed by atoms with Gasteiger partial charge in [0.25, 0.3) is 5.91 Å². The number of carbonyl (C=O) groups is 1. The Morgan fingerprint density at radius 3 is 2.35 bits per heavy atom. The molecule has 1 amide bonds. The fourth-order valence-corrected chi connectivity index (χ4v) is 6.17. The molecule has 6 nitrogen and oxygen atoms in total. The van der Waals surface area contributed by atoms with E-state index in [0.29, 0.717) is 28.7 Å². The summed E-state index contributed by atoms with van der Waals surface area (Å²) >= 11 is 7.33. The number of sulfonamides is 1. The third-order valence-electron chi connectivity index (χ3n) is 5.29. The molecule has 0 atom stereocenters. The van der Waals surface area contributed by atoms with E-state index in [1.165, 1.54) is 15.6 Å². The summed E-state index contributed by atoms with van der Waals surface area (Å²) in [6.45, 7) is 4.92. The van der Waals surface area contributed by atoms with Crippen molar-refractivity contribution in [1.82, 2.24) is 14.2 Å². The molecule has 1 saturated heterocycles. The average Bonchev–Trinajstić information content (AvgIpc) is 3.24. The van der Waals surface area contributed by atoms with Gasteiger partial charge in [-0.25, -0.2) is 13.4 Å². The smallest absolute Gasteiger partial charge is 0.273 e. The van der Waals surface area contributed by atoms with Crippen LogP contribution in [0.15, 0.2) is 52.7 Å². The van der Waals surface area contributed by atoms with E-state index in [0.717, 1.165) is 21.7 Å². The van der Waals surface area contributed by atoms with E-state index in [1.54, 1.807) is 41.5 Å². The predicted octanol–water partition coefficient (Wildman–Crippen LogP) is 4.23. The number of hydrogen-bond acceptors (Lipinski definition) is 5. The van der Waals surface area contributed by atoms with Crippen LogP contribution in [0.5, 0.6) is 0 Å². The lowest BCUT2D eigenvalue weighted by atomic mass is 10.2. The molecular weight excluding hydrogens is 454 g/mol. The molecule has 1 aliphatic heterocycles. The molecular formula is C22H22ClN3O3S2. The van der Waals surface area contributed by atoms with Crippen LogP contribution in [0.25, 0.3) is 10.6 Å². The Labute approximate surface area is 191 Å². The minimum atomic E-state index is -3.59. The molecule has 9 heteroatoms. The van der Waals surface area contributed by atoms with E-state index in [4.69, 9.17) is 11.6 Å². The molecule has 1 aliphatic rings. The maximum atomic E-state index is 13.1.